The lowest BCUT2D eigenvalue weighted by Gasteiger charge is -2.30. The molecule has 0 radical (unpaired) electrons. The van der Waals surface area contributed by atoms with Gasteiger partial charge in [-0.25, -0.2) is 0 Å². The van der Waals surface area contributed by atoms with Crippen LogP contribution in [0.5, 0.6) is 0 Å². The molecule has 1 aliphatic carbocycles. The van der Waals surface area contributed by atoms with E-state index < -0.39 is 5.54 Å². The second-order valence-corrected chi connectivity index (χ2v) is 5.36. The predicted molar refractivity (Wildman–Crippen MR) is 71.1 cm³/mol. The first-order valence-electron chi connectivity index (χ1n) is 6.09. The van der Waals surface area contributed by atoms with Gasteiger partial charge in [-0.05, 0) is 49.9 Å². The molecule has 0 bridgehead atoms. The molecule has 1 aromatic rings. The van der Waals surface area contributed by atoms with E-state index in [0.29, 0.717) is 5.92 Å². The highest BCUT2D eigenvalue weighted by Crippen LogP contribution is 2.35. The number of rotatable bonds is 3. The number of hydrogen-bond donors (Lipinski definition) is 1. The summed E-state index contributed by atoms with van der Waals surface area (Å²) in [5, 5.41) is 13.5. The van der Waals surface area contributed by atoms with Gasteiger partial charge in [0.05, 0.1) is 6.07 Å². The molecule has 1 unspecified atom stereocenters. The molecular formula is C14H17ClN2. The summed E-state index contributed by atoms with van der Waals surface area (Å²) in [4.78, 5) is 0. The first-order chi connectivity index (χ1) is 8.14. The van der Waals surface area contributed by atoms with Crippen LogP contribution in [0.2, 0.25) is 5.02 Å². The molecule has 17 heavy (non-hydrogen) atoms. The second-order valence-electron chi connectivity index (χ2n) is 4.93. The molecule has 1 N–H and O–H groups in total. The van der Waals surface area contributed by atoms with Gasteiger partial charge in [-0.1, -0.05) is 24.4 Å². The molecule has 1 fully saturated rings. The van der Waals surface area contributed by atoms with E-state index in [1.165, 1.54) is 12.8 Å². The fourth-order valence-corrected chi connectivity index (χ4v) is 2.68. The molecule has 0 aromatic heterocycles. The van der Waals surface area contributed by atoms with E-state index in [2.05, 4.69) is 11.4 Å². The Morgan fingerprint density at radius 1 is 1.29 bits per heavy atom. The Balaban J connectivity index is 2.14. The standard InChI is InChI=1S/C14H17ClN2/c1-14(10-16,11-4-2-3-5-11)17-13-8-6-12(15)7-9-13/h6-9,11,17H,2-5H2,1H3. The molecule has 0 saturated heterocycles. The number of nitriles is 1. The SMILES string of the molecule is CC(C#N)(Nc1ccc(Cl)cc1)C1CCCC1. The number of nitrogens with zero attached hydrogens (tertiary/aromatic N) is 1. The number of benzene rings is 1. The van der Waals surface area contributed by atoms with Crippen molar-refractivity contribution in [3.05, 3.63) is 29.3 Å². The van der Waals surface area contributed by atoms with E-state index in [-0.39, 0.29) is 0 Å². The van der Waals surface area contributed by atoms with Crippen LogP contribution in [0.1, 0.15) is 32.6 Å². The van der Waals surface area contributed by atoms with E-state index in [1.54, 1.807) is 0 Å². The predicted octanol–water partition coefficient (Wildman–Crippen LogP) is 4.22. The third kappa shape index (κ3) is 2.73. The minimum atomic E-state index is -0.468. The van der Waals surface area contributed by atoms with E-state index >= 15 is 0 Å². The molecule has 90 valence electrons. The summed E-state index contributed by atoms with van der Waals surface area (Å²) in [6.07, 6.45) is 4.77. The van der Waals surface area contributed by atoms with Crippen LogP contribution in [0.15, 0.2) is 24.3 Å². The molecule has 1 aliphatic rings. The summed E-state index contributed by atoms with van der Waals surface area (Å²) in [6.45, 7) is 2.00. The Morgan fingerprint density at radius 2 is 1.88 bits per heavy atom. The van der Waals surface area contributed by atoms with Gasteiger partial charge in [-0.15, -0.1) is 0 Å². The minimum Gasteiger partial charge on any atom is -0.367 e. The fourth-order valence-electron chi connectivity index (χ4n) is 2.56. The van der Waals surface area contributed by atoms with Gasteiger partial charge < -0.3 is 5.32 Å². The van der Waals surface area contributed by atoms with Crippen molar-refractivity contribution in [2.45, 2.75) is 38.1 Å². The first kappa shape index (κ1) is 12.3. The van der Waals surface area contributed by atoms with E-state index in [1.807, 2.05) is 31.2 Å². The molecule has 0 spiro atoms. The van der Waals surface area contributed by atoms with Crippen molar-refractivity contribution >= 4 is 17.3 Å². The molecule has 2 rings (SSSR count). The van der Waals surface area contributed by atoms with Crippen LogP contribution in [-0.4, -0.2) is 5.54 Å². The highest BCUT2D eigenvalue weighted by atomic mass is 35.5. The Bertz CT molecular complexity index is 415. The Hall–Kier alpha value is -1.20. The molecule has 3 heteroatoms. The average molecular weight is 249 g/mol. The highest BCUT2D eigenvalue weighted by Gasteiger charge is 2.36. The summed E-state index contributed by atoms with van der Waals surface area (Å²) in [5.74, 6) is 0.447. The third-order valence-corrected chi connectivity index (χ3v) is 3.90. The smallest absolute Gasteiger partial charge is 0.125 e. The van der Waals surface area contributed by atoms with Crippen LogP contribution in [-0.2, 0) is 0 Å². The van der Waals surface area contributed by atoms with Crippen LogP contribution in [0.4, 0.5) is 5.69 Å². The van der Waals surface area contributed by atoms with Gasteiger partial charge in [-0.3, -0.25) is 0 Å². The van der Waals surface area contributed by atoms with Crippen molar-refractivity contribution in [1.29, 1.82) is 5.26 Å². The lowest BCUT2D eigenvalue weighted by Crippen LogP contribution is -2.40. The van der Waals surface area contributed by atoms with E-state index in [4.69, 9.17) is 11.6 Å². The van der Waals surface area contributed by atoms with Crippen molar-refractivity contribution < 1.29 is 0 Å². The summed E-state index contributed by atoms with van der Waals surface area (Å²) in [7, 11) is 0. The highest BCUT2D eigenvalue weighted by molar-refractivity contribution is 6.30. The summed E-state index contributed by atoms with van der Waals surface area (Å²) >= 11 is 5.85. The largest absolute Gasteiger partial charge is 0.367 e. The van der Waals surface area contributed by atoms with E-state index in [9.17, 15) is 5.26 Å². The minimum absolute atomic E-state index is 0.447. The quantitative estimate of drug-likeness (QED) is 0.869. The summed E-state index contributed by atoms with van der Waals surface area (Å²) in [5.41, 5.74) is 0.495. The van der Waals surface area contributed by atoms with E-state index in [0.717, 1.165) is 23.6 Å². The number of nitrogens with one attached hydrogen (secondary N) is 1. The summed E-state index contributed by atoms with van der Waals surface area (Å²) in [6, 6.07) is 9.97. The van der Waals surface area contributed by atoms with Crippen LogP contribution in [0.25, 0.3) is 0 Å². The van der Waals surface area contributed by atoms with Gasteiger partial charge in [0.15, 0.2) is 0 Å². The van der Waals surface area contributed by atoms with Gasteiger partial charge in [0.2, 0.25) is 0 Å². The van der Waals surface area contributed by atoms with Crippen LogP contribution in [0.3, 0.4) is 0 Å². The zero-order valence-corrected chi connectivity index (χ0v) is 10.8. The number of anilines is 1. The molecule has 1 aromatic carbocycles. The first-order valence-corrected chi connectivity index (χ1v) is 6.47. The lowest BCUT2D eigenvalue weighted by atomic mass is 9.85. The Morgan fingerprint density at radius 3 is 2.41 bits per heavy atom. The van der Waals surface area contributed by atoms with Crippen molar-refractivity contribution in [2.24, 2.45) is 5.92 Å². The third-order valence-electron chi connectivity index (χ3n) is 3.65. The molecule has 2 nitrogen and oxygen atoms in total. The second kappa shape index (κ2) is 4.98. The molecule has 1 saturated carbocycles. The topological polar surface area (TPSA) is 35.8 Å². The molecule has 0 heterocycles. The maximum absolute atomic E-state index is 9.42. The van der Waals surface area contributed by atoms with Gasteiger partial charge in [0.25, 0.3) is 0 Å². The number of hydrogen-bond acceptors (Lipinski definition) is 2. The molecule has 1 atom stereocenters. The van der Waals surface area contributed by atoms with Crippen molar-refractivity contribution in [2.75, 3.05) is 5.32 Å². The van der Waals surface area contributed by atoms with Gasteiger partial charge in [0.1, 0.15) is 5.54 Å². The number of halogens is 1. The van der Waals surface area contributed by atoms with Gasteiger partial charge >= 0.3 is 0 Å². The molecule has 0 amide bonds. The maximum Gasteiger partial charge on any atom is 0.125 e. The zero-order chi connectivity index (χ0) is 12.3. The normalized spacial score (nSPS) is 19.6. The van der Waals surface area contributed by atoms with Crippen LogP contribution in [0, 0.1) is 17.2 Å². The molecular weight excluding hydrogens is 232 g/mol. The van der Waals surface area contributed by atoms with Gasteiger partial charge in [0, 0.05) is 10.7 Å². The lowest BCUT2D eigenvalue weighted by molar-refractivity contribution is 0.404. The Kier molecular flexibility index (Phi) is 3.59. The van der Waals surface area contributed by atoms with Crippen LogP contribution < -0.4 is 5.32 Å². The monoisotopic (exact) mass is 248 g/mol. The van der Waals surface area contributed by atoms with Crippen LogP contribution >= 0.6 is 11.6 Å². The van der Waals surface area contributed by atoms with Gasteiger partial charge in [-0.2, -0.15) is 5.26 Å². The average Bonchev–Trinajstić information content (AvgIpc) is 2.86. The summed E-state index contributed by atoms with van der Waals surface area (Å²) < 4.78 is 0. The van der Waals surface area contributed by atoms with Crippen molar-refractivity contribution in [3.8, 4) is 6.07 Å². The van der Waals surface area contributed by atoms with Crippen molar-refractivity contribution in [1.82, 2.24) is 0 Å². The molecule has 0 aliphatic heterocycles. The van der Waals surface area contributed by atoms with Crippen molar-refractivity contribution in [3.63, 3.8) is 0 Å². The fraction of sp³-hybridized carbons (Fsp3) is 0.500. The zero-order valence-electron chi connectivity index (χ0n) is 10.0. The maximum atomic E-state index is 9.42. The Labute approximate surface area is 108 Å².